The average Bonchev–Trinajstić information content (AvgIpc) is 3.40. The van der Waals surface area contributed by atoms with Crippen LogP contribution < -0.4 is 0 Å². The summed E-state index contributed by atoms with van der Waals surface area (Å²) in [4.78, 5) is 12.8. The molecule has 4 aliphatic carbocycles. The number of unbranched alkanes of at least 4 members (excludes halogenated alkanes) is 11. The SMILES string of the molecule is CCCCCCCC/C=C\CCCCCCCC(=O)O[C@H]1CC[C@@]2(C)C(=CC[C@H]3[C@H]4CC[C@H]([C@H](C)CCCC(C)C)[C@@]4(C)CC[C@@H]32)C1. The Morgan fingerprint density at radius 1 is 0.809 bits per heavy atom. The van der Waals surface area contributed by atoms with Crippen LogP contribution in [0.3, 0.4) is 0 Å². The first-order valence-electron chi connectivity index (χ1n) is 21.2. The van der Waals surface area contributed by atoms with Gasteiger partial charge in [-0.25, -0.2) is 0 Å². The van der Waals surface area contributed by atoms with Gasteiger partial charge < -0.3 is 4.74 Å². The third-order valence-corrected chi connectivity index (χ3v) is 14.2. The number of hydrogen-bond acceptors (Lipinski definition) is 2. The number of allylic oxidation sites excluding steroid dienone is 3. The molecule has 0 aromatic heterocycles. The third kappa shape index (κ3) is 10.7. The van der Waals surface area contributed by atoms with E-state index in [0.29, 0.717) is 17.3 Å². The van der Waals surface area contributed by atoms with E-state index in [1.165, 1.54) is 128 Å². The number of esters is 1. The van der Waals surface area contributed by atoms with Gasteiger partial charge in [-0.3, -0.25) is 4.79 Å². The lowest BCUT2D eigenvalue weighted by Crippen LogP contribution is -2.51. The number of rotatable bonds is 21. The van der Waals surface area contributed by atoms with Gasteiger partial charge in [0.25, 0.3) is 0 Å². The van der Waals surface area contributed by atoms with E-state index in [0.717, 1.165) is 61.2 Å². The van der Waals surface area contributed by atoms with Crippen molar-refractivity contribution in [3.63, 3.8) is 0 Å². The third-order valence-electron chi connectivity index (χ3n) is 14.2. The molecule has 2 nitrogen and oxygen atoms in total. The second-order valence-electron chi connectivity index (χ2n) is 18.0. The second-order valence-corrected chi connectivity index (χ2v) is 18.0. The first-order chi connectivity index (χ1) is 22.7. The van der Waals surface area contributed by atoms with Crippen molar-refractivity contribution < 1.29 is 9.53 Å². The topological polar surface area (TPSA) is 26.3 Å². The van der Waals surface area contributed by atoms with Crippen LogP contribution in [0, 0.1) is 46.3 Å². The fourth-order valence-electron chi connectivity index (χ4n) is 11.3. The van der Waals surface area contributed by atoms with Crippen molar-refractivity contribution in [1.29, 1.82) is 0 Å². The molecule has 0 unspecified atom stereocenters. The average molecular weight is 651 g/mol. The van der Waals surface area contributed by atoms with Gasteiger partial charge in [-0.15, -0.1) is 0 Å². The van der Waals surface area contributed by atoms with Crippen LogP contribution in [0.25, 0.3) is 0 Å². The fraction of sp³-hybridized carbons (Fsp3) is 0.889. The lowest BCUT2D eigenvalue weighted by molar-refractivity contribution is -0.151. The predicted octanol–water partition coefficient (Wildman–Crippen LogP) is 14.0. The molecule has 47 heavy (non-hydrogen) atoms. The summed E-state index contributed by atoms with van der Waals surface area (Å²) in [5.41, 5.74) is 2.53. The van der Waals surface area contributed by atoms with Crippen molar-refractivity contribution in [1.82, 2.24) is 0 Å². The van der Waals surface area contributed by atoms with Crippen molar-refractivity contribution >= 4 is 5.97 Å². The predicted molar refractivity (Wildman–Crippen MR) is 202 cm³/mol. The zero-order chi connectivity index (χ0) is 33.7. The van der Waals surface area contributed by atoms with Crippen LogP contribution >= 0.6 is 0 Å². The first-order valence-corrected chi connectivity index (χ1v) is 21.2. The minimum atomic E-state index is 0.0541. The van der Waals surface area contributed by atoms with E-state index >= 15 is 0 Å². The number of carbonyl (C=O) groups is 1. The summed E-state index contributed by atoms with van der Waals surface area (Å²) in [6.45, 7) is 14.9. The van der Waals surface area contributed by atoms with Gasteiger partial charge >= 0.3 is 5.97 Å². The second kappa shape index (κ2) is 19.4. The van der Waals surface area contributed by atoms with Crippen LogP contribution in [-0.2, 0) is 9.53 Å². The molecule has 0 N–H and O–H groups in total. The smallest absolute Gasteiger partial charge is 0.306 e. The maximum atomic E-state index is 12.8. The lowest BCUT2D eigenvalue weighted by atomic mass is 9.47. The largest absolute Gasteiger partial charge is 0.462 e. The Hall–Kier alpha value is -1.05. The highest BCUT2D eigenvalue weighted by Gasteiger charge is 2.59. The van der Waals surface area contributed by atoms with Crippen LogP contribution in [0.1, 0.15) is 202 Å². The molecular weight excluding hydrogens is 572 g/mol. The maximum Gasteiger partial charge on any atom is 0.306 e. The van der Waals surface area contributed by atoms with Crippen LogP contribution in [0.15, 0.2) is 23.8 Å². The molecule has 3 fully saturated rings. The van der Waals surface area contributed by atoms with Crippen molar-refractivity contribution in [3.05, 3.63) is 23.8 Å². The number of hydrogen-bond donors (Lipinski definition) is 0. The quantitative estimate of drug-likeness (QED) is 0.0702. The minimum absolute atomic E-state index is 0.0541. The number of carbonyl (C=O) groups excluding carboxylic acids is 1. The minimum Gasteiger partial charge on any atom is -0.462 e. The molecule has 0 spiro atoms. The molecule has 0 heterocycles. The van der Waals surface area contributed by atoms with E-state index in [4.69, 9.17) is 4.74 Å². The standard InChI is InChI=1S/C45H78O2/c1-7-8-9-10-11-12-13-14-15-16-17-18-19-20-21-25-43(46)47-38-30-32-44(5)37(34-38)26-27-39-41-29-28-40(36(4)24-22-23-35(2)3)45(41,6)33-31-42(39)44/h14-15,26,35-36,38-42H,7-13,16-25,27-34H2,1-6H3/b15-14-/t36-,38+,39+,40-,41-,42+,44+,45-/m1/s1. The fourth-order valence-corrected chi connectivity index (χ4v) is 11.3. The van der Waals surface area contributed by atoms with Crippen LogP contribution in [0.5, 0.6) is 0 Å². The van der Waals surface area contributed by atoms with Crippen molar-refractivity contribution in [2.75, 3.05) is 0 Å². The number of ether oxygens (including phenoxy) is 1. The van der Waals surface area contributed by atoms with Gasteiger partial charge in [0.05, 0.1) is 0 Å². The lowest BCUT2D eigenvalue weighted by Gasteiger charge is -2.58. The molecular formula is C45H78O2. The molecule has 4 aliphatic rings. The Morgan fingerprint density at radius 2 is 1.49 bits per heavy atom. The Kier molecular flexibility index (Phi) is 16.0. The van der Waals surface area contributed by atoms with Gasteiger partial charge in [0, 0.05) is 12.8 Å². The highest BCUT2D eigenvalue weighted by molar-refractivity contribution is 5.69. The van der Waals surface area contributed by atoms with E-state index in [2.05, 4.69) is 59.8 Å². The highest BCUT2D eigenvalue weighted by atomic mass is 16.5. The monoisotopic (exact) mass is 651 g/mol. The molecule has 4 rings (SSSR count). The summed E-state index contributed by atoms with van der Waals surface area (Å²) in [5, 5.41) is 0. The van der Waals surface area contributed by atoms with Gasteiger partial charge in [0.1, 0.15) is 6.10 Å². The van der Waals surface area contributed by atoms with Gasteiger partial charge in [0.2, 0.25) is 0 Å². The van der Waals surface area contributed by atoms with Crippen molar-refractivity contribution in [3.8, 4) is 0 Å². The maximum absolute atomic E-state index is 12.8. The van der Waals surface area contributed by atoms with E-state index < -0.39 is 0 Å². The zero-order valence-corrected chi connectivity index (χ0v) is 32.3. The van der Waals surface area contributed by atoms with Gasteiger partial charge in [0.15, 0.2) is 0 Å². The Labute approximate surface area is 293 Å². The molecule has 0 bridgehead atoms. The summed E-state index contributed by atoms with van der Waals surface area (Å²) >= 11 is 0. The molecule has 2 heteroatoms. The van der Waals surface area contributed by atoms with Crippen molar-refractivity contribution in [2.24, 2.45) is 46.3 Å². The summed E-state index contributed by atoms with van der Waals surface area (Å²) in [6.07, 6.45) is 39.5. The van der Waals surface area contributed by atoms with E-state index in [1.807, 2.05) is 0 Å². The van der Waals surface area contributed by atoms with E-state index in [-0.39, 0.29) is 12.1 Å². The molecule has 0 aromatic carbocycles. The molecule has 0 aliphatic heterocycles. The summed E-state index contributed by atoms with van der Waals surface area (Å²) in [5.74, 6) is 5.31. The zero-order valence-electron chi connectivity index (χ0n) is 32.3. The Bertz CT molecular complexity index is 976. The summed E-state index contributed by atoms with van der Waals surface area (Å²) in [6, 6.07) is 0. The van der Waals surface area contributed by atoms with Crippen LogP contribution in [0.4, 0.5) is 0 Å². The molecule has 0 saturated heterocycles. The van der Waals surface area contributed by atoms with Crippen molar-refractivity contribution in [2.45, 2.75) is 208 Å². The van der Waals surface area contributed by atoms with E-state index in [1.54, 1.807) is 5.57 Å². The van der Waals surface area contributed by atoms with Gasteiger partial charge in [-0.05, 0) is 123 Å². The van der Waals surface area contributed by atoms with E-state index in [9.17, 15) is 4.79 Å². The Balaban J connectivity index is 1.12. The number of fused-ring (bicyclic) bond motifs is 5. The molecule has 8 atom stereocenters. The molecule has 0 radical (unpaired) electrons. The van der Waals surface area contributed by atoms with Gasteiger partial charge in [-0.1, -0.05) is 136 Å². The molecule has 0 amide bonds. The first kappa shape index (κ1) is 38.7. The van der Waals surface area contributed by atoms with Crippen LogP contribution in [-0.4, -0.2) is 12.1 Å². The van der Waals surface area contributed by atoms with Crippen LogP contribution in [0.2, 0.25) is 0 Å². The Morgan fingerprint density at radius 3 is 2.19 bits per heavy atom. The molecule has 270 valence electrons. The summed E-state index contributed by atoms with van der Waals surface area (Å²) in [7, 11) is 0. The molecule has 0 aromatic rings. The highest BCUT2D eigenvalue weighted by Crippen LogP contribution is 2.67. The normalized spacial score (nSPS) is 32.6. The van der Waals surface area contributed by atoms with Gasteiger partial charge in [-0.2, -0.15) is 0 Å². The molecule has 3 saturated carbocycles. The summed E-state index contributed by atoms with van der Waals surface area (Å²) < 4.78 is 6.12.